The molecule has 0 spiro atoms. The molecule has 1 saturated heterocycles. The van der Waals surface area contributed by atoms with Gasteiger partial charge in [0, 0.05) is 19.2 Å². The highest BCUT2D eigenvalue weighted by Crippen LogP contribution is 2.23. The van der Waals surface area contributed by atoms with Crippen LogP contribution >= 0.6 is 0 Å². The van der Waals surface area contributed by atoms with Crippen LogP contribution in [0.3, 0.4) is 0 Å². The number of nitrogens with one attached hydrogen (secondary N) is 1. The Morgan fingerprint density at radius 3 is 2.88 bits per heavy atom. The lowest BCUT2D eigenvalue weighted by molar-refractivity contribution is -0.127. The smallest absolute Gasteiger partial charge is 0.226 e. The Bertz CT molecular complexity index is 233. The molecule has 4 nitrogen and oxygen atoms in total. The fourth-order valence-corrected chi connectivity index (χ4v) is 2.36. The first-order chi connectivity index (χ1) is 8.22. The highest BCUT2D eigenvalue weighted by molar-refractivity contribution is 5.79. The van der Waals surface area contributed by atoms with Gasteiger partial charge < -0.3 is 15.8 Å². The van der Waals surface area contributed by atoms with Crippen LogP contribution in [0.4, 0.5) is 0 Å². The Morgan fingerprint density at radius 2 is 2.29 bits per heavy atom. The van der Waals surface area contributed by atoms with Gasteiger partial charge in [0.15, 0.2) is 0 Å². The molecule has 1 rings (SSSR count). The van der Waals surface area contributed by atoms with Gasteiger partial charge in [0.25, 0.3) is 0 Å². The van der Waals surface area contributed by atoms with E-state index in [0.29, 0.717) is 13.2 Å². The first-order valence-corrected chi connectivity index (χ1v) is 6.84. The zero-order valence-electron chi connectivity index (χ0n) is 11.1. The first kappa shape index (κ1) is 14.5. The fraction of sp³-hybridized carbons (Fsp3) is 0.923. The van der Waals surface area contributed by atoms with Crippen molar-refractivity contribution in [2.75, 3.05) is 13.2 Å². The fourth-order valence-electron chi connectivity index (χ4n) is 2.36. The van der Waals surface area contributed by atoms with Crippen molar-refractivity contribution in [1.29, 1.82) is 0 Å². The van der Waals surface area contributed by atoms with Crippen molar-refractivity contribution in [3.63, 3.8) is 0 Å². The highest BCUT2D eigenvalue weighted by atomic mass is 16.5. The second-order valence-electron chi connectivity index (χ2n) is 4.80. The van der Waals surface area contributed by atoms with Gasteiger partial charge in [-0.2, -0.15) is 0 Å². The summed E-state index contributed by atoms with van der Waals surface area (Å²) in [6, 6.07) is 0.126. The molecule has 0 aromatic rings. The Balaban J connectivity index is 2.40. The van der Waals surface area contributed by atoms with Crippen molar-refractivity contribution in [3.05, 3.63) is 0 Å². The number of carbonyl (C=O) groups excluding carboxylic acids is 1. The van der Waals surface area contributed by atoms with Crippen LogP contribution in [-0.4, -0.2) is 31.2 Å². The molecule has 3 atom stereocenters. The minimum Gasteiger partial charge on any atom is -0.377 e. The Kier molecular flexibility index (Phi) is 6.52. The summed E-state index contributed by atoms with van der Waals surface area (Å²) in [7, 11) is 0. The van der Waals surface area contributed by atoms with Crippen LogP contribution in [0.25, 0.3) is 0 Å². The molecular formula is C13H26N2O2. The van der Waals surface area contributed by atoms with E-state index >= 15 is 0 Å². The molecule has 1 amide bonds. The van der Waals surface area contributed by atoms with Crippen molar-refractivity contribution in [2.24, 2.45) is 11.7 Å². The predicted octanol–water partition coefficient (Wildman–Crippen LogP) is 1.44. The Hall–Kier alpha value is -0.610. The largest absolute Gasteiger partial charge is 0.377 e. The number of rotatable bonds is 7. The van der Waals surface area contributed by atoms with Gasteiger partial charge in [0.05, 0.1) is 12.0 Å². The van der Waals surface area contributed by atoms with E-state index in [2.05, 4.69) is 19.2 Å². The summed E-state index contributed by atoms with van der Waals surface area (Å²) in [5, 5.41) is 3.06. The SMILES string of the molecule is CCCCC(CN)NC(=O)C1CCOC1CC. The van der Waals surface area contributed by atoms with E-state index in [9.17, 15) is 4.79 Å². The van der Waals surface area contributed by atoms with Crippen LogP contribution in [0.1, 0.15) is 46.0 Å². The highest BCUT2D eigenvalue weighted by Gasteiger charge is 2.33. The van der Waals surface area contributed by atoms with E-state index in [-0.39, 0.29) is 24.0 Å². The number of amides is 1. The maximum Gasteiger partial charge on any atom is 0.226 e. The van der Waals surface area contributed by atoms with Crippen molar-refractivity contribution < 1.29 is 9.53 Å². The topological polar surface area (TPSA) is 64.3 Å². The van der Waals surface area contributed by atoms with E-state index in [0.717, 1.165) is 32.1 Å². The van der Waals surface area contributed by atoms with Gasteiger partial charge >= 0.3 is 0 Å². The molecule has 1 aliphatic rings. The molecule has 0 aliphatic carbocycles. The quantitative estimate of drug-likeness (QED) is 0.710. The van der Waals surface area contributed by atoms with Gasteiger partial charge in [0.2, 0.25) is 5.91 Å². The monoisotopic (exact) mass is 242 g/mol. The van der Waals surface area contributed by atoms with Gasteiger partial charge in [-0.15, -0.1) is 0 Å². The summed E-state index contributed by atoms with van der Waals surface area (Å²) < 4.78 is 5.54. The molecule has 1 heterocycles. The van der Waals surface area contributed by atoms with Crippen LogP contribution in [0.5, 0.6) is 0 Å². The second-order valence-corrected chi connectivity index (χ2v) is 4.80. The van der Waals surface area contributed by atoms with Crippen LogP contribution in [0.2, 0.25) is 0 Å². The average molecular weight is 242 g/mol. The molecular weight excluding hydrogens is 216 g/mol. The van der Waals surface area contributed by atoms with Gasteiger partial charge in [-0.1, -0.05) is 26.7 Å². The van der Waals surface area contributed by atoms with Crippen LogP contribution in [-0.2, 0) is 9.53 Å². The Labute approximate surface area is 104 Å². The lowest BCUT2D eigenvalue weighted by Crippen LogP contribution is -2.44. The van der Waals surface area contributed by atoms with Gasteiger partial charge in [0.1, 0.15) is 0 Å². The normalized spacial score (nSPS) is 25.8. The van der Waals surface area contributed by atoms with Crippen LogP contribution in [0.15, 0.2) is 0 Å². The average Bonchev–Trinajstić information content (AvgIpc) is 2.82. The van der Waals surface area contributed by atoms with E-state index in [1.807, 2.05) is 0 Å². The molecule has 0 radical (unpaired) electrons. The molecule has 1 aliphatic heterocycles. The van der Waals surface area contributed by atoms with E-state index in [1.54, 1.807) is 0 Å². The number of unbranched alkanes of at least 4 members (excludes halogenated alkanes) is 1. The minimum atomic E-state index is 0.0238. The summed E-state index contributed by atoms with van der Waals surface area (Å²) in [5.74, 6) is 0.150. The summed E-state index contributed by atoms with van der Waals surface area (Å²) >= 11 is 0. The zero-order chi connectivity index (χ0) is 12.7. The standard InChI is InChI=1S/C13H26N2O2/c1-3-5-6-10(9-14)15-13(16)11-7-8-17-12(11)4-2/h10-12H,3-9,14H2,1-2H3,(H,15,16). The molecule has 4 heteroatoms. The molecule has 17 heavy (non-hydrogen) atoms. The van der Waals surface area contributed by atoms with Gasteiger partial charge in [-0.05, 0) is 19.3 Å². The van der Waals surface area contributed by atoms with Gasteiger partial charge in [-0.25, -0.2) is 0 Å². The Morgan fingerprint density at radius 1 is 1.53 bits per heavy atom. The maximum atomic E-state index is 12.1. The number of hydrogen-bond donors (Lipinski definition) is 2. The third-order valence-corrected chi connectivity index (χ3v) is 3.49. The van der Waals surface area contributed by atoms with Crippen LogP contribution in [0, 0.1) is 5.92 Å². The molecule has 3 unspecified atom stereocenters. The van der Waals surface area contributed by atoms with Crippen molar-refractivity contribution >= 4 is 5.91 Å². The molecule has 1 fully saturated rings. The van der Waals surface area contributed by atoms with E-state index in [1.165, 1.54) is 0 Å². The summed E-state index contributed by atoms with van der Waals surface area (Å²) in [6.07, 6.45) is 5.06. The van der Waals surface area contributed by atoms with Crippen molar-refractivity contribution in [3.8, 4) is 0 Å². The minimum absolute atomic E-state index is 0.0238. The molecule has 0 bridgehead atoms. The predicted molar refractivity (Wildman–Crippen MR) is 68.6 cm³/mol. The van der Waals surface area contributed by atoms with E-state index in [4.69, 9.17) is 10.5 Å². The summed E-state index contributed by atoms with van der Waals surface area (Å²) in [6.45, 7) is 5.44. The number of hydrogen-bond acceptors (Lipinski definition) is 3. The van der Waals surface area contributed by atoms with E-state index < -0.39 is 0 Å². The zero-order valence-corrected chi connectivity index (χ0v) is 11.1. The van der Waals surface area contributed by atoms with Crippen molar-refractivity contribution in [1.82, 2.24) is 5.32 Å². The molecule has 0 aromatic carbocycles. The lowest BCUT2D eigenvalue weighted by atomic mass is 9.98. The molecule has 0 saturated carbocycles. The third-order valence-electron chi connectivity index (χ3n) is 3.49. The molecule has 3 N–H and O–H groups in total. The maximum absolute atomic E-state index is 12.1. The second kappa shape index (κ2) is 7.67. The summed E-state index contributed by atoms with van der Waals surface area (Å²) in [5.41, 5.74) is 5.68. The van der Waals surface area contributed by atoms with Crippen LogP contribution < -0.4 is 11.1 Å². The third kappa shape index (κ3) is 4.28. The van der Waals surface area contributed by atoms with Crippen molar-refractivity contribution in [2.45, 2.75) is 58.1 Å². The number of carbonyl (C=O) groups is 1. The van der Waals surface area contributed by atoms with Gasteiger partial charge in [-0.3, -0.25) is 4.79 Å². The number of nitrogens with two attached hydrogens (primary N) is 1. The first-order valence-electron chi connectivity index (χ1n) is 6.84. The summed E-state index contributed by atoms with van der Waals surface area (Å²) in [4.78, 5) is 12.1. The molecule has 0 aromatic heterocycles. The molecule has 100 valence electrons. The number of ether oxygens (including phenoxy) is 1. The lowest BCUT2D eigenvalue weighted by Gasteiger charge is -2.21.